The topological polar surface area (TPSA) is 52.6 Å². The van der Waals surface area contributed by atoms with Gasteiger partial charge in [0.25, 0.3) is 5.91 Å². The van der Waals surface area contributed by atoms with Crippen molar-refractivity contribution < 1.29 is 4.79 Å². The zero-order valence-corrected chi connectivity index (χ0v) is 12.2. The fraction of sp³-hybridized carbons (Fsp3) is 0.643. The van der Waals surface area contributed by atoms with E-state index in [9.17, 15) is 4.79 Å². The lowest BCUT2D eigenvalue weighted by Gasteiger charge is -2.20. The van der Waals surface area contributed by atoms with Gasteiger partial charge in [0.1, 0.15) is 0 Å². The van der Waals surface area contributed by atoms with Crippen LogP contribution in [-0.2, 0) is 6.54 Å². The van der Waals surface area contributed by atoms with Gasteiger partial charge in [-0.3, -0.25) is 4.79 Å². The van der Waals surface area contributed by atoms with E-state index in [2.05, 4.69) is 14.9 Å². The molecule has 0 aliphatic carbocycles. The molecule has 108 valence electrons. The summed E-state index contributed by atoms with van der Waals surface area (Å²) >= 11 is 0. The van der Waals surface area contributed by atoms with E-state index in [1.807, 2.05) is 23.9 Å². The van der Waals surface area contributed by atoms with Gasteiger partial charge < -0.3 is 14.7 Å². The lowest BCUT2D eigenvalue weighted by molar-refractivity contribution is 0.0763. The highest BCUT2D eigenvalue weighted by Gasteiger charge is 2.29. The van der Waals surface area contributed by atoms with Gasteiger partial charge in [0, 0.05) is 33.4 Å². The quantitative estimate of drug-likeness (QED) is 0.805. The second-order valence-corrected chi connectivity index (χ2v) is 5.70. The van der Waals surface area contributed by atoms with Gasteiger partial charge in [0.2, 0.25) is 5.95 Å². The Hall–Kier alpha value is -1.69. The number of likely N-dealkylation sites (tertiary alicyclic amines) is 1. The molecule has 0 atom stereocenters. The zero-order valence-electron chi connectivity index (χ0n) is 12.2. The maximum Gasteiger partial charge on any atom is 0.257 e. The van der Waals surface area contributed by atoms with Crippen LogP contribution in [0.25, 0.3) is 0 Å². The summed E-state index contributed by atoms with van der Waals surface area (Å²) in [6.45, 7) is 4.70. The molecule has 0 aromatic carbocycles. The number of hydrogen-bond acceptors (Lipinski definition) is 5. The van der Waals surface area contributed by atoms with E-state index in [-0.39, 0.29) is 5.91 Å². The predicted molar refractivity (Wildman–Crippen MR) is 76.8 cm³/mol. The predicted octanol–water partition coefficient (Wildman–Crippen LogP) is 0.594. The number of aromatic nitrogens is 2. The van der Waals surface area contributed by atoms with Gasteiger partial charge in [-0.25, -0.2) is 9.97 Å². The zero-order chi connectivity index (χ0) is 14.1. The van der Waals surface area contributed by atoms with Crippen LogP contribution < -0.4 is 4.90 Å². The van der Waals surface area contributed by atoms with Crippen molar-refractivity contribution in [2.75, 3.05) is 45.2 Å². The molecule has 3 heterocycles. The summed E-state index contributed by atoms with van der Waals surface area (Å²) in [7, 11) is 3.81. The number of nitrogens with zero attached hydrogens (tertiary/aromatic N) is 5. The van der Waals surface area contributed by atoms with E-state index in [4.69, 9.17) is 0 Å². The van der Waals surface area contributed by atoms with Crippen LogP contribution in [0.5, 0.6) is 0 Å². The number of hydrogen-bond donors (Lipinski definition) is 0. The molecule has 3 rings (SSSR count). The molecule has 1 saturated heterocycles. The summed E-state index contributed by atoms with van der Waals surface area (Å²) in [5.41, 5.74) is 1.52. The number of carbonyl (C=O) groups is 1. The lowest BCUT2D eigenvalue weighted by Crippen LogP contribution is -2.34. The third-order valence-electron chi connectivity index (χ3n) is 4.00. The van der Waals surface area contributed by atoms with Gasteiger partial charge in [-0.15, -0.1) is 0 Å². The van der Waals surface area contributed by atoms with E-state index in [0.717, 1.165) is 18.8 Å². The van der Waals surface area contributed by atoms with Gasteiger partial charge in [-0.1, -0.05) is 0 Å². The Kier molecular flexibility index (Phi) is 3.56. The highest BCUT2D eigenvalue weighted by atomic mass is 16.2. The van der Waals surface area contributed by atoms with Gasteiger partial charge in [0.05, 0.1) is 17.8 Å². The lowest BCUT2D eigenvalue weighted by atomic mass is 10.3. The van der Waals surface area contributed by atoms with E-state index in [1.165, 1.54) is 25.9 Å². The average Bonchev–Trinajstić information content (AvgIpc) is 3.04. The molecule has 0 N–H and O–H groups in total. The van der Waals surface area contributed by atoms with E-state index in [1.54, 1.807) is 6.20 Å². The Balaban J connectivity index is 1.66. The van der Waals surface area contributed by atoms with Crippen LogP contribution in [0.2, 0.25) is 0 Å². The van der Waals surface area contributed by atoms with Crippen molar-refractivity contribution in [2.45, 2.75) is 19.4 Å². The van der Waals surface area contributed by atoms with Gasteiger partial charge in [-0.2, -0.15) is 0 Å². The van der Waals surface area contributed by atoms with Gasteiger partial charge in [0.15, 0.2) is 0 Å². The number of anilines is 1. The first kappa shape index (κ1) is 13.3. The summed E-state index contributed by atoms with van der Waals surface area (Å²) in [5, 5.41) is 0. The molecule has 1 amide bonds. The van der Waals surface area contributed by atoms with Crippen LogP contribution in [0.15, 0.2) is 6.20 Å². The van der Waals surface area contributed by atoms with Gasteiger partial charge in [-0.05, 0) is 25.9 Å². The Labute approximate surface area is 119 Å². The fourth-order valence-corrected chi connectivity index (χ4v) is 2.79. The van der Waals surface area contributed by atoms with Crippen LogP contribution in [0.1, 0.15) is 28.9 Å². The Bertz CT molecular complexity index is 510. The highest BCUT2D eigenvalue weighted by Crippen LogP contribution is 2.22. The Morgan fingerprint density at radius 2 is 2.00 bits per heavy atom. The smallest absolute Gasteiger partial charge is 0.257 e. The van der Waals surface area contributed by atoms with Crippen LogP contribution in [0, 0.1) is 0 Å². The molecule has 0 bridgehead atoms. The monoisotopic (exact) mass is 275 g/mol. The molecule has 20 heavy (non-hydrogen) atoms. The van der Waals surface area contributed by atoms with Crippen molar-refractivity contribution in [1.29, 1.82) is 0 Å². The molecule has 6 nitrogen and oxygen atoms in total. The Morgan fingerprint density at radius 3 is 2.70 bits per heavy atom. The molecule has 0 radical (unpaired) electrons. The third-order valence-corrected chi connectivity index (χ3v) is 4.00. The van der Waals surface area contributed by atoms with Crippen LogP contribution in [0.3, 0.4) is 0 Å². The second kappa shape index (κ2) is 5.36. The van der Waals surface area contributed by atoms with Crippen LogP contribution >= 0.6 is 0 Å². The summed E-state index contributed by atoms with van der Waals surface area (Å²) in [6.07, 6.45) is 4.23. The summed E-state index contributed by atoms with van der Waals surface area (Å²) < 4.78 is 0. The van der Waals surface area contributed by atoms with Crippen molar-refractivity contribution in [3.8, 4) is 0 Å². The van der Waals surface area contributed by atoms with Crippen molar-refractivity contribution in [2.24, 2.45) is 0 Å². The summed E-state index contributed by atoms with van der Waals surface area (Å²) in [5.74, 6) is 0.738. The van der Waals surface area contributed by atoms with E-state index >= 15 is 0 Å². The first-order valence-electron chi connectivity index (χ1n) is 7.20. The number of amides is 1. The molecule has 2 aliphatic rings. The second-order valence-electron chi connectivity index (χ2n) is 5.70. The normalized spacial score (nSPS) is 18.7. The minimum atomic E-state index is 0.0736. The minimum absolute atomic E-state index is 0.0736. The SMILES string of the molecule is CN(C)c1ncc2c(n1)CN(CCN1CCCC1)C2=O. The molecule has 6 heteroatoms. The largest absolute Gasteiger partial charge is 0.347 e. The molecular formula is C14H21N5O. The maximum absolute atomic E-state index is 12.3. The van der Waals surface area contributed by atoms with E-state index in [0.29, 0.717) is 18.1 Å². The third kappa shape index (κ3) is 2.47. The van der Waals surface area contributed by atoms with Crippen molar-refractivity contribution in [3.05, 3.63) is 17.5 Å². The molecule has 2 aliphatic heterocycles. The highest BCUT2D eigenvalue weighted by molar-refractivity contribution is 5.97. The molecule has 1 aromatic rings. The molecule has 0 spiro atoms. The maximum atomic E-state index is 12.3. The molecule has 0 unspecified atom stereocenters. The first-order valence-corrected chi connectivity index (χ1v) is 7.20. The standard InChI is InChI=1S/C14H21N5O/c1-17(2)14-15-9-11-12(16-14)10-19(13(11)20)8-7-18-5-3-4-6-18/h9H,3-8,10H2,1-2H3. The van der Waals surface area contributed by atoms with E-state index < -0.39 is 0 Å². The fourth-order valence-electron chi connectivity index (χ4n) is 2.79. The summed E-state index contributed by atoms with van der Waals surface area (Å²) in [6, 6.07) is 0. The van der Waals surface area contributed by atoms with Crippen molar-refractivity contribution in [3.63, 3.8) is 0 Å². The number of rotatable bonds is 4. The number of fused-ring (bicyclic) bond motifs is 1. The van der Waals surface area contributed by atoms with Crippen LogP contribution in [-0.4, -0.2) is 65.9 Å². The molecule has 1 aromatic heterocycles. The minimum Gasteiger partial charge on any atom is -0.347 e. The number of carbonyl (C=O) groups excluding carboxylic acids is 1. The first-order chi connectivity index (χ1) is 9.65. The summed E-state index contributed by atoms with van der Waals surface area (Å²) in [4.78, 5) is 27.2. The average molecular weight is 275 g/mol. The van der Waals surface area contributed by atoms with Crippen LogP contribution in [0.4, 0.5) is 5.95 Å². The van der Waals surface area contributed by atoms with Crippen molar-refractivity contribution in [1.82, 2.24) is 19.8 Å². The Morgan fingerprint density at radius 1 is 1.25 bits per heavy atom. The van der Waals surface area contributed by atoms with Crippen molar-refractivity contribution >= 4 is 11.9 Å². The molecular weight excluding hydrogens is 254 g/mol. The van der Waals surface area contributed by atoms with Gasteiger partial charge >= 0.3 is 0 Å². The molecule has 0 saturated carbocycles. The molecule has 1 fully saturated rings.